The molecule has 6 nitrogen and oxygen atoms in total. The summed E-state index contributed by atoms with van der Waals surface area (Å²) in [5.74, 6) is -2.74. The maximum atomic E-state index is 10.5. The highest BCUT2D eigenvalue weighted by Gasteiger charge is 2.16. The molecule has 1 heterocycles. The first-order valence-electron chi connectivity index (χ1n) is 4.03. The number of rotatable bonds is 2. The molecule has 0 radical (unpaired) electrons. The van der Waals surface area contributed by atoms with Crippen molar-refractivity contribution in [3.63, 3.8) is 0 Å². The molecule has 0 aromatic carbocycles. The van der Waals surface area contributed by atoms with Crippen LogP contribution in [0.5, 0.6) is 0 Å². The average Bonchev–Trinajstić information content (AvgIpc) is 2.15. The van der Waals surface area contributed by atoms with Gasteiger partial charge in [0.2, 0.25) is 0 Å². The lowest BCUT2D eigenvalue weighted by atomic mass is 10.4. The second kappa shape index (κ2) is 4.78. The van der Waals surface area contributed by atoms with Gasteiger partial charge < -0.3 is 15.2 Å². The first kappa shape index (κ1) is 9.94. The lowest BCUT2D eigenvalue weighted by Crippen LogP contribution is -2.44. The number of carboxylic acids is 1. The van der Waals surface area contributed by atoms with Gasteiger partial charge in [0.25, 0.3) is 0 Å². The number of piperazine rings is 1. The molecule has 0 spiro atoms. The minimum atomic E-state index is -1.55. The number of hydrogen-bond acceptors (Lipinski definition) is 5. The van der Waals surface area contributed by atoms with Crippen LogP contribution in [0.15, 0.2) is 0 Å². The molecule has 0 aliphatic carbocycles. The Bertz CT molecular complexity index is 201. The fourth-order valence-corrected chi connectivity index (χ4v) is 1.05. The summed E-state index contributed by atoms with van der Waals surface area (Å²) in [6, 6.07) is 0. The molecule has 1 saturated heterocycles. The Kier molecular flexibility index (Phi) is 3.66. The van der Waals surface area contributed by atoms with Gasteiger partial charge in [0.1, 0.15) is 6.73 Å². The van der Waals surface area contributed by atoms with Crippen molar-refractivity contribution in [3.8, 4) is 0 Å². The van der Waals surface area contributed by atoms with Crippen LogP contribution < -0.4 is 5.32 Å². The van der Waals surface area contributed by atoms with E-state index in [1.54, 1.807) is 0 Å². The van der Waals surface area contributed by atoms with Crippen molar-refractivity contribution in [2.24, 2.45) is 0 Å². The Morgan fingerprint density at radius 2 is 2.00 bits per heavy atom. The van der Waals surface area contributed by atoms with Crippen molar-refractivity contribution in [2.75, 3.05) is 32.9 Å². The molecule has 0 bridgehead atoms. The number of aliphatic carboxylic acids is 1. The number of ether oxygens (including phenoxy) is 1. The summed E-state index contributed by atoms with van der Waals surface area (Å²) in [6.45, 7) is 3.28. The van der Waals surface area contributed by atoms with Crippen molar-refractivity contribution in [1.29, 1.82) is 0 Å². The van der Waals surface area contributed by atoms with E-state index < -0.39 is 11.9 Å². The Morgan fingerprint density at radius 1 is 1.38 bits per heavy atom. The number of carbonyl (C=O) groups excluding carboxylic acids is 1. The zero-order valence-electron chi connectivity index (χ0n) is 7.15. The third-order valence-electron chi connectivity index (χ3n) is 1.76. The van der Waals surface area contributed by atoms with Crippen LogP contribution in [0.3, 0.4) is 0 Å². The Labute approximate surface area is 75.5 Å². The molecular weight excluding hydrogens is 176 g/mol. The van der Waals surface area contributed by atoms with E-state index in [2.05, 4.69) is 10.1 Å². The summed E-state index contributed by atoms with van der Waals surface area (Å²) in [5.41, 5.74) is 0. The predicted octanol–water partition coefficient (Wildman–Crippen LogP) is -1.52. The third kappa shape index (κ3) is 3.39. The first-order chi connectivity index (χ1) is 6.20. The van der Waals surface area contributed by atoms with Gasteiger partial charge in [-0.15, -0.1) is 0 Å². The van der Waals surface area contributed by atoms with Crippen LogP contribution in [0.2, 0.25) is 0 Å². The van der Waals surface area contributed by atoms with E-state index in [4.69, 9.17) is 5.11 Å². The zero-order chi connectivity index (χ0) is 9.68. The Hall–Kier alpha value is -1.14. The minimum Gasteiger partial charge on any atom is -0.473 e. The largest absolute Gasteiger partial charge is 0.473 e. The molecule has 0 atom stereocenters. The van der Waals surface area contributed by atoms with Crippen LogP contribution in [0, 0.1) is 0 Å². The normalized spacial score (nSPS) is 18.2. The molecule has 1 aliphatic rings. The van der Waals surface area contributed by atoms with Crippen molar-refractivity contribution >= 4 is 11.9 Å². The summed E-state index contributed by atoms with van der Waals surface area (Å²) in [7, 11) is 0. The summed E-state index contributed by atoms with van der Waals surface area (Å²) in [6.07, 6.45) is 0. The molecule has 0 amide bonds. The van der Waals surface area contributed by atoms with Crippen molar-refractivity contribution < 1.29 is 19.4 Å². The van der Waals surface area contributed by atoms with Crippen LogP contribution >= 0.6 is 0 Å². The highest BCUT2D eigenvalue weighted by atomic mass is 16.6. The number of carbonyl (C=O) groups is 2. The van der Waals surface area contributed by atoms with E-state index in [0.29, 0.717) is 0 Å². The lowest BCUT2D eigenvalue weighted by molar-refractivity contribution is -0.167. The predicted molar refractivity (Wildman–Crippen MR) is 43.0 cm³/mol. The highest BCUT2D eigenvalue weighted by molar-refractivity contribution is 6.28. The number of nitrogens with one attached hydrogen (secondary N) is 1. The van der Waals surface area contributed by atoms with E-state index in [1.807, 2.05) is 4.90 Å². The fourth-order valence-electron chi connectivity index (χ4n) is 1.05. The summed E-state index contributed by atoms with van der Waals surface area (Å²) < 4.78 is 4.50. The SMILES string of the molecule is O=C(O)C(=O)OCN1CCNCC1. The molecule has 0 saturated carbocycles. The van der Waals surface area contributed by atoms with Crippen LogP contribution in [-0.2, 0) is 14.3 Å². The van der Waals surface area contributed by atoms with Crippen LogP contribution in [-0.4, -0.2) is 54.9 Å². The Balaban J connectivity index is 2.17. The van der Waals surface area contributed by atoms with Gasteiger partial charge in [-0.05, 0) is 0 Å². The maximum absolute atomic E-state index is 10.5. The molecule has 1 rings (SSSR count). The van der Waals surface area contributed by atoms with Crippen LogP contribution in [0.4, 0.5) is 0 Å². The topological polar surface area (TPSA) is 78.9 Å². The molecule has 13 heavy (non-hydrogen) atoms. The van der Waals surface area contributed by atoms with E-state index in [9.17, 15) is 9.59 Å². The van der Waals surface area contributed by atoms with E-state index >= 15 is 0 Å². The average molecular weight is 188 g/mol. The van der Waals surface area contributed by atoms with Crippen molar-refractivity contribution in [1.82, 2.24) is 10.2 Å². The molecule has 0 aromatic heterocycles. The molecule has 74 valence electrons. The van der Waals surface area contributed by atoms with Gasteiger partial charge in [-0.3, -0.25) is 4.90 Å². The van der Waals surface area contributed by atoms with Gasteiger partial charge in [0.05, 0.1) is 0 Å². The van der Waals surface area contributed by atoms with Crippen LogP contribution in [0.1, 0.15) is 0 Å². The van der Waals surface area contributed by atoms with Gasteiger partial charge in [-0.2, -0.15) is 0 Å². The van der Waals surface area contributed by atoms with Crippen molar-refractivity contribution in [2.45, 2.75) is 0 Å². The second-order valence-corrected chi connectivity index (χ2v) is 2.73. The number of esters is 1. The zero-order valence-corrected chi connectivity index (χ0v) is 7.15. The number of carboxylic acid groups (broad SMARTS) is 1. The number of hydrogen-bond donors (Lipinski definition) is 2. The Morgan fingerprint density at radius 3 is 2.54 bits per heavy atom. The van der Waals surface area contributed by atoms with Crippen LogP contribution in [0.25, 0.3) is 0 Å². The van der Waals surface area contributed by atoms with E-state index in [-0.39, 0.29) is 6.73 Å². The quantitative estimate of drug-likeness (QED) is 0.404. The van der Waals surface area contributed by atoms with Gasteiger partial charge in [-0.1, -0.05) is 0 Å². The van der Waals surface area contributed by atoms with Gasteiger partial charge >= 0.3 is 11.9 Å². The molecule has 1 aliphatic heterocycles. The first-order valence-corrected chi connectivity index (χ1v) is 4.03. The number of nitrogens with zero attached hydrogens (tertiary/aromatic N) is 1. The molecule has 1 fully saturated rings. The summed E-state index contributed by atoms with van der Waals surface area (Å²) in [5, 5.41) is 11.3. The lowest BCUT2D eigenvalue weighted by Gasteiger charge is -2.25. The summed E-state index contributed by atoms with van der Waals surface area (Å²) in [4.78, 5) is 22.5. The third-order valence-corrected chi connectivity index (χ3v) is 1.76. The standard InChI is InChI=1S/C7H12N2O4/c10-6(11)7(12)13-5-9-3-1-8-2-4-9/h8H,1-5H2,(H,10,11). The fraction of sp³-hybridized carbons (Fsp3) is 0.714. The molecule has 6 heteroatoms. The molecular formula is C7H12N2O4. The molecule has 0 unspecified atom stereocenters. The molecule has 0 aromatic rings. The molecule has 2 N–H and O–H groups in total. The second-order valence-electron chi connectivity index (χ2n) is 2.73. The van der Waals surface area contributed by atoms with Crippen molar-refractivity contribution in [3.05, 3.63) is 0 Å². The summed E-state index contributed by atoms with van der Waals surface area (Å²) >= 11 is 0. The van der Waals surface area contributed by atoms with E-state index in [1.165, 1.54) is 0 Å². The van der Waals surface area contributed by atoms with E-state index in [0.717, 1.165) is 26.2 Å². The van der Waals surface area contributed by atoms with Gasteiger partial charge in [0.15, 0.2) is 0 Å². The highest BCUT2D eigenvalue weighted by Crippen LogP contribution is 1.92. The maximum Gasteiger partial charge on any atom is 0.418 e. The van der Waals surface area contributed by atoms with Gasteiger partial charge in [0, 0.05) is 26.2 Å². The smallest absolute Gasteiger partial charge is 0.418 e. The van der Waals surface area contributed by atoms with Gasteiger partial charge in [-0.25, -0.2) is 9.59 Å². The monoisotopic (exact) mass is 188 g/mol. The minimum absolute atomic E-state index is 0.0623.